The molecule has 124 valence electrons. The molecule has 5 nitrogen and oxygen atoms in total. The highest BCUT2D eigenvalue weighted by molar-refractivity contribution is 5.87. The second kappa shape index (κ2) is 6.71. The molecular weight excluding hydrogens is 294 g/mol. The van der Waals surface area contributed by atoms with Gasteiger partial charge in [0.2, 0.25) is 0 Å². The largest absolute Gasteiger partial charge is 0.480 e. The maximum Gasteiger partial charge on any atom is 0.335 e. The van der Waals surface area contributed by atoms with Gasteiger partial charge in [0.05, 0.1) is 5.56 Å². The van der Waals surface area contributed by atoms with Crippen molar-refractivity contribution in [3.63, 3.8) is 0 Å². The van der Waals surface area contributed by atoms with Gasteiger partial charge in [0.15, 0.2) is 0 Å². The van der Waals surface area contributed by atoms with Crippen LogP contribution in [0.4, 0.5) is 0 Å². The zero-order chi connectivity index (χ0) is 16.4. The lowest BCUT2D eigenvalue weighted by atomic mass is 9.73. The maximum atomic E-state index is 11.7. The SMILES string of the molecule is O=C(O)c1ccc(CN2C[C@@H]3CCCC[C@@H]3C[C@H]2C(=O)O)cc1. The molecule has 3 atom stereocenters. The van der Waals surface area contributed by atoms with Crippen LogP contribution in [-0.4, -0.2) is 39.6 Å². The molecule has 1 saturated carbocycles. The summed E-state index contributed by atoms with van der Waals surface area (Å²) in [6, 6.07) is 6.32. The number of carboxylic acids is 2. The Balaban J connectivity index is 1.73. The first-order valence-electron chi connectivity index (χ1n) is 8.33. The van der Waals surface area contributed by atoms with Crippen LogP contribution in [0.25, 0.3) is 0 Å². The minimum atomic E-state index is -0.942. The number of likely N-dealkylation sites (tertiary alicyclic amines) is 1. The Kier molecular flexibility index (Phi) is 4.66. The van der Waals surface area contributed by atoms with Gasteiger partial charge in [0.25, 0.3) is 0 Å². The summed E-state index contributed by atoms with van der Waals surface area (Å²) in [6.45, 7) is 1.41. The Morgan fingerprint density at radius 1 is 1.04 bits per heavy atom. The van der Waals surface area contributed by atoms with Crippen LogP contribution in [0.1, 0.15) is 48.0 Å². The molecule has 2 fully saturated rings. The van der Waals surface area contributed by atoms with Crippen LogP contribution in [0.3, 0.4) is 0 Å². The number of aromatic carboxylic acids is 1. The van der Waals surface area contributed by atoms with Crippen LogP contribution < -0.4 is 0 Å². The van der Waals surface area contributed by atoms with Crippen molar-refractivity contribution in [2.75, 3.05) is 6.54 Å². The van der Waals surface area contributed by atoms with Crippen molar-refractivity contribution in [3.8, 4) is 0 Å². The van der Waals surface area contributed by atoms with E-state index in [-0.39, 0.29) is 5.56 Å². The number of rotatable bonds is 4. The fraction of sp³-hybridized carbons (Fsp3) is 0.556. The Morgan fingerprint density at radius 3 is 2.30 bits per heavy atom. The Hall–Kier alpha value is -1.88. The quantitative estimate of drug-likeness (QED) is 0.893. The van der Waals surface area contributed by atoms with Gasteiger partial charge in [-0.1, -0.05) is 31.4 Å². The summed E-state index contributed by atoms with van der Waals surface area (Å²) in [4.78, 5) is 24.6. The second-order valence-electron chi connectivity index (χ2n) is 6.83. The third-order valence-electron chi connectivity index (χ3n) is 5.37. The predicted molar refractivity (Wildman–Crippen MR) is 85.3 cm³/mol. The van der Waals surface area contributed by atoms with Crippen LogP contribution in [0, 0.1) is 11.8 Å². The van der Waals surface area contributed by atoms with E-state index in [0.717, 1.165) is 24.9 Å². The highest BCUT2D eigenvalue weighted by atomic mass is 16.4. The van der Waals surface area contributed by atoms with Crippen LogP contribution in [0.15, 0.2) is 24.3 Å². The monoisotopic (exact) mass is 317 g/mol. The summed E-state index contributed by atoms with van der Waals surface area (Å²) in [7, 11) is 0. The van der Waals surface area contributed by atoms with E-state index in [0.29, 0.717) is 18.4 Å². The molecule has 1 aliphatic carbocycles. The number of carbonyl (C=O) groups is 2. The van der Waals surface area contributed by atoms with Gasteiger partial charge >= 0.3 is 11.9 Å². The highest BCUT2D eigenvalue weighted by Crippen LogP contribution is 2.39. The van der Waals surface area contributed by atoms with Crippen LogP contribution in [0.5, 0.6) is 0 Å². The van der Waals surface area contributed by atoms with E-state index in [2.05, 4.69) is 4.90 Å². The van der Waals surface area contributed by atoms with Gasteiger partial charge < -0.3 is 10.2 Å². The number of piperidine rings is 1. The van der Waals surface area contributed by atoms with Gasteiger partial charge in [-0.15, -0.1) is 0 Å². The Morgan fingerprint density at radius 2 is 1.70 bits per heavy atom. The average Bonchev–Trinajstić information content (AvgIpc) is 2.54. The Labute approximate surface area is 135 Å². The molecule has 1 heterocycles. The lowest BCUT2D eigenvalue weighted by molar-refractivity contribution is -0.147. The van der Waals surface area contributed by atoms with Gasteiger partial charge in [-0.3, -0.25) is 9.69 Å². The molecule has 0 unspecified atom stereocenters. The van der Waals surface area contributed by atoms with Crippen molar-refractivity contribution in [1.82, 2.24) is 4.90 Å². The van der Waals surface area contributed by atoms with Crippen LogP contribution in [0.2, 0.25) is 0 Å². The molecule has 3 rings (SSSR count). The molecule has 0 radical (unpaired) electrons. The summed E-state index contributed by atoms with van der Waals surface area (Å²) in [5.74, 6) is -0.521. The first-order valence-corrected chi connectivity index (χ1v) is 8.33. The normalized spacial score (nSPS) is 28.1. The molecule has 2 aliphatic rings. The summed E-state index contributed by atoms with van der Waals surface area (Å²) in [5.41, 5.74) is 1.23. The second-order valence-corrected chi connectivity index (χ2v) is 6.83. The topological polar surface area (TPSA) is 77.8 Å². The fourth-order valence-corrected chi connectivity index (χ4v) is 4.12. The van der Waals surface area contributed by atoms with Gasteiger partial charge in [0.1, 0.15) is 6.04 Å². The van der Waals surface area contributed by atoms with Crippen molar-refractivity contribution in [1.29, 1.82) is 0 Å². The zero-order valence-electron chi connectivity index (χ0n) is 13.1. The molecule has 23 heavy (non-hydrogen) atoms. The number of hydrogen-bond donors (Lipinski definition) is 2. The van der Waals surface area contributed by atoms with Gasteiger partial charge in [-0.25, -0.2) is 4.79 Å². The third kappa shape index (κ3) is 3.55. The third-order valence-corrected chi connectivity index (χ3v) is 5.37. The molecule has 1 aromatic rings. The number of aliphatic carboxylic acids is 1. The number of benzene rings is 1. The number of hydrogen-bond acceptors (Lipinski definition) is 3. The number of nitrogens with zero attached hydrogens (tertiary/aromatic N) is 1. The Bertz CT molecular complexity index is 583. The van der Waals surface area contributed by atoms with E-state index in [1.807, 2.05) is 0 Å². The van der Waals surface area contributed by atoms with Crippen molar-refractivity contribution in [2.45, 2.75) is 44.7 Å². The molecule has 2 N–H and O–H groups in total. The van der Waals surface area contributed by atoms with Crippen LogP contribution in [-0.2, 0) is 11.3 Å². The lowest BCUT2D eigenvalue weighted by Gasteiger charge is -2.44. The van der Waals surface area contributed by atoms with Crippen molar-refractivity contribution < 1.29 is 19.8 Å². The summed E-state index contributed by atoms with van der Waals surface area (Å²) in [5, 5.41) is 18.5. The maximum absolute atomic E-state index is 11.7. The first kappa shape index (κ1) is 16.0. The smallest absolute Gasteiger partial charge is 0.335 e. The summed E-state index contributed by atoms with van der Waals surface area (Å²) in [6.07, 6.45) is 5.58. The zero-order valence-corrected chi connectivity index (χ0v) is 13.1. The number of fused-ring (bicyclic) bond motifs is 1. The summed E-state index contributed by atoms with van der Waals surface area (Å²) < 4.78 is 0. The molecule has 1 saturated heterocycles. The van der Waals surface area contributed by atoms with Crippen LogP contribution >= 0.6 is 0 Å². The van der Waals surface area contributed by atoms with Gasteiger partial charge in [-0.2, -0.15) is 0 Å². The van der Waals surface area contributed by atoms with Crippen molar-refractivity contribution in [3.05, 3.63) is 35.4 Å². The van der Waals surface area contributed by atoms with E-state index in [9.17, 15) is 14.7 Å². The minimum absolute atomic E-state index is 0.259. The van der Waals surface area contributed by atoms with E-state index in [1.54, 1.807) is 24.3 Å². The van der Waals surface area contributed by atoms with Crippen molar-refractivity contribution >= 4 is 11.9 Å². The molecule has 5 heteroatoms. The predicted octanol–water partition coefficient (Wildman–Crippen LogP) is 2.85. The first-order chi connectivity index (χ1) is 11.0. The molecule has 0 bridgehead atoms. The fourth-order valence-electron chi connectivity index (χ4n) is 4.12. The molecule has 0 amide bonds. The minimum Gasteiger partial charge on any atom is -0.480 e. The molecular formula is C18H23NO4. The van der Waals surface area contributed by atoms with E-state index in [1.165, 1.54) is 19.3 Å². The van der Waals surface area contributed by atoms with Crippen molar-refractivity contribution in [2.24, 2.45) is 11.8 Å². The lowest BCUT2D eigenvalue weighted by Crippen LogP contribution is -2.51. The average molecular weight is 317 g/mol. The highest BCUT2D eigenvalue weighted by Gasteiger charge is 2.39. The number of carboxylic acid groups (broad SMARTS) is 2. The summed E-state index contributed by atoms with van der Waals surface area (Å²) >= 11 is 0. The van der Waals surface area contributed by atoms with E-state index in [4.69, 9.17) is 5.11 Å². The molecule has 1 aromatic carbocycles. The van der Waals surface area contributed by atoms with Gasteiger partial charge in [0, 0.05) is 13.1 Å². The van der Waals surface area contributed by atoms with E-state index < -0.39 is 18.0 Å². The van der Waals surface area contributed by atoms with Gasteiger partial charge in [-0.05, 0) is 42.4 Å². The molecule has 0 spiro atoms. The van der Waals surface area contributed by atoms with E-state index >= 15 is 0 Å². The molecule has 0 aromatic heterocycles. The molecule has 1 aliphatic heterocycles. The standard InChI is InChI=1S/C18H23NO4/c20-17(21)13-7-5-12(6-8-13)10-19-11-15-4-2-1-3-14(15)9-16(19)18(22)23/h5-8,14-16H,1-4,9-11H2,(H,20,21)(H,22,23)/t14-,15+,16+/m1/s1.